The van der Waals surface area contributed by atoms with E-state index in [-0.39, 0.29) is 28.9 Å². The Hall–Kier alpha value is -1.14. The van der Waals surface area contributed by atoms with Crippen molar-refractivity contribution in [1.82, 2.24) is 0 Å². The van der Waals surface area contributed by atoms with Crippen LogP contribution in [0, 0.1) is 46.3 Å². The largest absolute Gasteiger partial charge is 0.469 e. The van der Waals surface area contributed by atoms with Crippen LogP contribution in [0.5, 0.6) is 0 Å². The van der Waals surface area contributed by atoms with E-state index in [1.165, 1.54) is 26.4 Å². The molecule has 6 heteroatoms. The molecule has 4 aliphatic carbocycles. The fourth-order valence-electron chi connectivity index (χ4n) is 9.57. The Balaban J connectivity index is 1.61. The monoisotopic (exact) mass is 492 g/mol. The van der Waals surface area contributed by atoms with E-state index in [4.69, 9.17) is 18.9 Å². The molecule has 0 amide bonds. The first-order valence-electron chi connectivity index (χ1n) is 13.9. The third-order valence-electron chi connectivity index (χ3n) is 11.6. The van der Waals surface area contributed by atoms with Gasteiger partial charge in [-0.05, 0) is 85.9 Å². The summed E-state index contributed by atoms with van der Waals surface area (Å²) in [6, 6.07) is 0. The van der Waals surface area contributed by atoms with E-state index < -0.39 is 5.79 Å². The number of carbonyl (C=O) groups is 2. The van der Waals surface area contributed by atoms with Crippen molar-refractivity contribution in [3.63, 3.8) is 0 Å². The first-order valence-corrected chi connectivity index (χ1v) is 13.9. The molecule has 4 aliphatic rings. The fraction of sp³-hybridized carbons (Fsp3) is 0.931. The van der Waals surface area contributed by atoms with Crippen molar-refractivity contribution in [2.75, 3.05) is 21.3 Å². The Morgan fingerprint density at radius 1 is 0.971 bits per heavy atom. The Kier molecular flexibility index (Phi) is 7.66. The Bertz CT molecular complexity index is 792. The SMILES string of the molecule is COC(=O)CCC(C)C1CCC2C3CCC4CC(OC)(OC)CCC4(C)C3CC(OC(C)=O)C12C. The molecule has 9 unspecified atom stereocenters. The van der Waals surface area contributed by atoms with E-state index >= 15 is 0 Å². The molecular formula is C29H48O6. The fourth-order valence-corrected chi connectivity index (χ4v) is 9.57. The van der Waals surface area contributed by atoms with Crippen molar-refractivity contribution < 1.29 is 28.5 Å². The first-order chi connectivity index (χ1) is 16.5. The summed E-state index contributed by atoms with van der Waals surface area (Å²) in [6.07, 6.45) is 9.96. The van der Waals surface area contributed by atoms with E-state index in [2.05, 4.69) is 20.8 Å². The lowest BCUT2D eigenvalue weighted by Gasteiger charge is -2.63. The average molecular weight is 493 g/mol. The molecule has 0 aromatic heterocycles. The highest BCUT2D eigenvalue weighted by Gasteiger charge is 2.65. The lowest BCUT2D eigenvalue weighted by Crippen LogP contribution is -2.60. The minimum Gasteiger partial charge on any atom is -0.469 e. The highest BCUT2D eigenvalue weighted by molar-refractivity contribution is 5.69. The maximum Gasteiger partial charge on any atom is 0.305 e. The standard InChI is InChI=1S/C29H48O6/c1-18(8-13-26(31)32-5)22-11-12-23-21-10-9-20-17-29(33-6,34-7)15-14-27(20,3)24(21)16-25(28(22,23)4)35-19(2)30/h18,20-25H,8-17H2,1-7H3. The Labute approximate surface area is 212 Å². The van der Waals surface area contributed by atoms with Crippen molar-refractivity contribution in [3.8, 4) is 0 Å². The van der Waals surface area contributed by atoms with Gasteiger partial charge >= 0.3 is 11.9 Å². The third kappa shape index (κ3) is 4.45. The zero-order chi connectivity index (χ0) is 25.6. The van der Waals surface area contributed by atoms with Gasteiger partial charge < -0.3 is 18.9 Å². The number of hydrogen-bond acceptors (Lipinski definition) is 6. The zero-order valence-corrected chi connectivity index (χ0v) is 23.1. The van der Waals surface area contributed by atoms with Crippen LogP contribution in [-0.2, 0) is 28.5 Å². The second-order valence-electron chi connectivity index (χ2n) is 12.7. The van der Waals surface area contributed by atoms with E-state index in [9.17, 15) is 9.59 Å². The second kappa shape index (κ2) is 9.96. The zero-order valence-electron chi connectivity index (χ0n) is 23.1. The summed E-state index contributed by atoms with van der Waals surface area (Å²) in [7, 11) is 5.02. The number of hydrogen-bond donors (Lipinski definition) is 0. The third-order valence-corrected chi connectivity index (χ3v) is 11.6. The van der Waals surface area contributed by atoms with E-state index in [0.717, 1.165) is 38.5 Å². The number of carbonyl (C=O) groups excluding carboxylic acids is 2. The molecule has 9 atom stereocenters. The molecule has 4 saturated carbocycles. The normalized spacial score (nSPS) is 42.8. The predicted octanol–water partition coefficient (Wildman–Crippen LogP) is 5.77. The second-order valence-corrected chi connectivity index (χ2v) is 12.7. The van der Waals surface area contributed by atoms with Crippen molar-refractivity contribution in [2.24, 2.45) is 46.3 Å². The molecule has 0 aliphatic heterocycles. The van der Waals surface area contributed by atoms with E-state index in [0.29, 0.717) is 41.9 Å². The van der Waals surface area contributed by atoms with Gasteiger partial charge in [-0.2, -0.15) is 0 Å². The van der Waals surface area contributed by atoms with Crippen LogP contribution in [0.25, 0.3) is 0 Å². The Morgan fingerprint density at radius 2 is 1.69 bits per heavy atom. The lowest BCUT2D eigenvalue weighted by molar-refractivity contribution is -0.266. The summed E-state index contributed by atoms with van der Waals surface area (Å²) in [4.78, 5) is 24.2. The van der Waals surface area contributed by atoms with Crippen LogP contribution >= 0.6 is 0 Å². The van der Waals surface area contributed by atoms with Gasteiger partial charge in [-0.25, -0.2) is 0 Å². The topological polar surface area (TPSA) is 71.1 Å². The van der Waals surface area contributed by atoms with Gasteiger partial charge in [0.05, 0.1) is 7.11 Å². The molecule has 200 valence electrons. The summed E-state index contributed by atoms with van der Waals surface area (Å²) >= 11 is 0. The average Bonchev–Trinajstić information content (AvgIpc) is 3.20. The van der Waals surface area contributed by atoms with Crippen LogP contribution < -0.4 is 0 Å². The van der Waals surface area contributed by atoms with Crippen LogP contribution in [0.1, 0.15) is 91.9 Å². The summed E-state index contributed by atoms with van der Waals surface area (Å²) in [5.41, 5.74) is 0.181. The Morgan fingerprint density at radius 3 is 2.31 bits per heavy atom. The van der Waals surface area contributed by atoms with Crippen LogP contribution in [0.4, 0.5) is 0 Å². The molecule has 4 fully saturated rings. The maximum absolute atomic E-state index is 12.3. The molecule has 6 nitrogen and oxygen atoms in total. The van der Waals surface area contributed by atoms with Gasteiger partial charge in [-0.15, -0.1) is 0 Å². The number of ether oxygens (including phenoxy) is 4. The first kappa shape index (κ1) is 26.9. The molecule has 0 heterocycles. The lowest BCUT2D eigenvalue weighted by atomic mass is 9.43. The summed E-state index contributed by atoms with van der Waals surface area (Å²) in [6.45, 7) is 8.76. The van der Waals surface area contributed by atoms with E-state index in [1.54, 1.807) is 21.1 Å². The van der Waals surface area contributed by atoms with Gasteiger partial charge in [0.2, 0.25) is 0 Å². The molecule has 0 N–H and O–H groups in total. The van der Waals surface area contributed by atoms with Crippen molar-refractivity contribution in [2.45, 2.75) is 104 Å². The van der Waals surface area contributed by atoms with Crippen LogP contribution in [0.15, 0.2) is 0 Å². The maximum atomic E-state index is 12.3. The molecule has 35 heavy (non-hydrogen) atoms. The number of rotatable bonds is 7. The van der Waals surface area contributed by atoms with Crippen molar-refractivity contribution >= 4 is 11.9 Å². The van der Waals surface area contributed by atoms with Crippen LogP contribution in [0.3, 0.4) is 0 Å². The summed E-state index contributed by atoms with van der Waals surface area (Å²) < 4.78 is 22.9. The van der Waals surface area contributed by atoms with Gasteiger partial charge in [0.1, 0.15) is 6.10 Å². The van der Waals surface area contributed by atoms with Gasteiger partial charge in [0, 0.05) is 45.8 Å². The van der Waals surface area contributed by atoms with Crippen LogP contribution in [0.2, 0.25) is 0 Å². The summed E-state index contributed by atoms with van der Waals surface area (Å²) in [5.74, 6) is 2.44. The smallest absolute Gasteiger partial charge is 0.305 e. The van der Waals surface area contributed by atoms with E-state index in [1.807, 2.05) is 0 Å². The van der Waals surface area contributed by atoms with Gasteiger partial charge in [0.25, 0.3) is 0 Å². The van der Waals surface area contributed by atoms with Gasteiger partial charge in [0.15, 0.2) is 5.79 Å². The van der Waals surface area contributed by atoms with Crippen molar-refractivity contribution in [1.29, 1.82) is 0 Å². The van der Waals surface area contributed by atoms with Gasteiger partial charge in [-0.1, -0.05) is 20.8 Å². The number of esters is 2. The molecule has 4 rings (SSSR count). The molecule has 0 bridgehead atoms. The molecule has 0 aromatic rings. The summed E-state index contributed by atoms with van der Waals surface area (Å²) in [5, 5.41) is 0. The number of fused-ring (bicyclic) bond motifs is 5. The molecule has 0 saturated heterocycles. The molecular weight excluding hydrogens is 444 g/mol. The quantitative estimate of drug-likeness (QED) is 0.332. The molecule has 0 aromatic carbocycles. The predicted molar refractivity (Wildman–Crippen MR) is 133 cm³/mol. The molecule has 0 radical (unpaired) electrons. The highest BCUT2D eigenvalue weighted by atomic mass is 16.7. The minimum atomic E-state index is -0.455. The minimum absolute atomic E-state index is 0.0386. The van der Waals surface area contributed by atoms with Crippen molar-refractivity contribution in [3.05, 3.63) is 0 Å². The highest BCUT2D eigenvalue weighted by Crippen LogP contribution is 2.69. The van der Waals surface area contributed by atoms with Gasteiger partial charge in [-0.3, -0.25) is 9.59 Å². The van der Waals surface area contributed by atoms with Crippen LogP contribution in [-0.4, -0.2) is 45.2 Å². The molecule has 0 spiro atoms. The number of methoxy groups -OCH3 is 3.